The van der Waals surface area contributed by atoms with Crippen LogP contribution in [0.4, 0.5) is 0 Å². The maximum atomic E-state index is 13.0. The molecule has 0 aliphatic carbocycles. The molecule has 1 aliphatic heterocycles. The zero-order chi connectivity index (χ0) is 18.0. The topological polar surface area (TPSA) is 54.5 Å². The third-order valence-electron chi connectivity index (χ3n) is 4.27. The number of carbonyl (C=O) groups is 1. The molecule has 0 N–H and O–H groups in total. The third kappa shape index (κ3) is 4.54. The van der Waals surface area contributed by atoms with E-state index < -0.39 is 9.84 Å². The predicted octanol–water partition coefficient (Wildman–Crippen LogP) is 3.82. The predicted molar refractivity (Wildman–Crippen MR) is 99.8 cm³/mol. The summed E-state index contributed by atoms with van der Waals surface area (Å²) in [6, 6.07) is 13.5. The van der Waals surface area contributed by atoms with Crippen LogP contribution in [-0.4, -0.2) is 36.8 Å². The molecule has 7 heteroatoms. The van der Waals surface area contributed by atoms with Gasteiger partial charge in [-0.25, -0.2) is 8.42 Å². The molecule has 1 atom stereocenters. The van der Waals surface area contributed by atoms with Crippen molar-refractivity contribution in [2.24, 2.45) is 0 Å². The molecular formula is C18H17Cl2NO3S. The Morgan fingerprint density at radius 1 is 1.00 bits per heavy atom. The molecule has 1 saturated heterocycles. The Labute approximate surface area is 157 Å². The van der Waals surface area contributed by atoms with E-state index in [4.69, 9.17) is 23.2 Å². The van der Waals surface area contributed by atoms with Gasteiger partial charge < -0.3 is 4.90 Å². The van der Waals surface area contributed by atoms with Crippen LogP contribution in [0.5, 0.6) is 0 Å². The van der Waals surface area contributed by atoms with Crippen molar-refractivity contribution < 1.29 is 13.2 Å². The van der Waals surface area contributed by atoms with Crippen molar-refractivity contribution >= 4 is 38.9 Å². The van der Waals surface area contributed by atoms with Crippen LogP contribution < -0.4 is 0 Å². The fourth-order valence-electron chi connectivity index (χ4n) is 2.93. The number of hydrogen-bond donors (Lipinski definition) is 0. The average molecular weight is 398 g/mol. The van der Waals surface area contributed by atoms with E-state index in [1.54, 1.807) is 41.3 Å². The summed E-state index contributed by atoms with van der Waals surface area (Å²) in [5, 5.41) is 1.16. The number of halogens is 2. The van der Waals surface area contributed by atoms with Crippen molar-refractivity contribution in [3.8, 4) is 0 Å². The average Bonchev–Trinajstić information content (AvgIpc) is 2.94. The van der Waals surface area contributed by atoms with Crippen LogP contribution in [-0.2, 0) is 16.4 Å². The van der Waals surface area contributed by atoms with E-state index in [2.05, 4.69) is 0 Å². The Balaban J connectivity index is 1.89. The van der Waals surface area contributed by atoms with Gasteiger partial charge in [0.25, 0.3) is 5.91 Å². The van der Waals surface area contributed by atoms with E-state index in [1.807, 2.05) is 12.1 Å². The molecule has 3 rings (SSSR count). The summed E-state index contributed by atoms with van der Waals surface area (Å²) in [6.45, 7) is 0.332. The molecule has 132 valence electrons. The minimum atomic E-state index is -3.10. The molecule has 0 saturated carbocycles. The second kappa shape index (κ2) is 7.36. The molecule has 4 nitrogen and oxygen atoms in total. The van der Waals surface area contributed by atoms with Gasteiger partial charge in [-0.15, -0.1) is 0 Å². The van der Waals surface area contributed by atoms with Crippen LogP contribution in [0.1, 0.15) is 22.3 Å². The standard InChI is InChI=1S/C18H17Cl2NO3S/c19-15-5-1-13(2-6-15)11-21(17-9-10-25(23,24)12-17)18(22)14-3-7-16(20)8-4-14/h1-8,17H,9-12H2/t17-/m0/s1. The van der Waals surface area contributed by atoms with Crippen molar-refractivity contribution in [1.29, 1.82) is 0 Å². The lowest BCUT2D eigenvalue weighted by Gasteiger charge is -2.28. The van der Waals surface area contributed by atoms with Crippen LogP contribution in [0.3, 0.4) is 0 Å². The molecule has 1 heterocycles. The van der Waals surface area contributed by atoms with Crippen LogP contribution >= 0.6 is 23.2 Å². The fraction of sp³-hybridized carbons (Fsp3) is 0.278. The number of amides is 1. The van der Waals surface area contributed by atoms with Gasteiger partial charge in [0.1, 0.15) is 0 Å². The summed E-state index contributed by atoms with van der Waals surface area (Å²) < 4.78 is 23.7. The minimum absolute atomic E-state index is 0.0000799. The minimum Gasteiger partial charge on any atom is -0.330 e. The summed E-state index contributed by atoms with van der Waals surface area (Å²) in [7, 11) is -3.10. The highest BCUT2D eigenvalue weighted by Crippen LogP contribution is 2.23. The monoisotopic (exact) mass is 397 g/mol. The van der Waals surface area contributed by atoms with Crippen LogP contribution in [0.25, 0.3) is 0 Å². The third-order valence-corrected chi connectivity index (χ3v) is 6.52. The SMILES string of the molecule is O=C(c1ccc(Cl)cc1)N(Cc1ccc(Cl)cc1)[C@H]1CCS(=O)(=O)C1. The molecule has 0 spiro atoms. The molecule has 1 aliphatic rings. The summed E-state index contributed by atoms with van der Waals surface area (Å²) in [5.41, 5.74) is 1.39. The fourth-order valence-corrected chi connectivity index (χ4v) is 4.92. The molecule has 1 fully saturated rings. The zero-order valence-corrected chi connectivity index (χ0v) is 15.7. The van der Waals surface area contributed by atoms with Crippen molar-refractivity contribution in [2.45, 2.75) is 19.0 Å². The Bertz CT molecular complexity index is 864. The first kappa shape index (κ1) is 18.2. The summed E-state index contributed by atoms with van der Waals surface area (Å²) in [4.78, 5) is 14.6. The second-order valence-electron chi connectivity index (χ2n) is 6.12. The molecule has 0 aromatic heterocycles. The molecule has 2 aromatic rings. The van der Waals surface area contributed by atoms with Gasteiger partial charge in [0, 0.05) is 28.2 Å². The summed E-state index contributed by atoms with van der Waals surface area (Å²) in [5.74, 6) is -0.0866. The maximum Gasteiger partial charge on any atom is 0.254 e. The number of rotatable bonds is 4. The number of nitrogens with zero attached hydrogens (tertiary/aromatic N) is 1. The van der Waals surface area contributed by atoms with E-state index in [9.17, 15) is 13.2 Å². The number of carbonyl (C=O) groups excluding carboxylic acids is 1. The van der Waals surface area contributed by atoms with Crippen molar-refractivity contribution in [2.75, 3.05) is 11.5 Å². The van der Waals surface area contributed by atoms with Crippen LogP contribution in [0.2, 0.25) is 10.0 Å². The number of sulfone groups is 1. The summed E-state index contributed by atoms with van der Waals surface area (Å²) in [6.07, 6.45) is 0.454. The molecule has 25 heavy (non-hydrogen) atoms. The largest absolute Gasteiger partial charge is 0.330 e. The van der Waals surface area contributed by atoms with Crippen LogP contribution in [0.15, 0.2) is 48.5 Å². The molecule has 0 bridgehead atoms. The van der Waals surface area contributed by atoms with Crippen molar-refractivity contribution in [3.05, 3.63) is 69.7 Å². The normalized spacial score (nSPS) is 18.9. The van der Waals surface area contributed by atoms with Gasteiger partial charge in [-0.3, -0.25) is 4.79 Å². The van der Waals surface area contributed by atoms with Gasteiger partial charge in [0.05, 0.1) is 11.5 Å². The zero-order valence-electron chi connectivity index (χ0n) is 13.4. The van der Waals surface area contributed by atoms with Crippen molar-refractivity contribution in [3.63, 3.8) is 0 Å². The highest BCUT2D eigenvalue weighted by Gasteiger charge is 2.35. The highest BCUT2D eigenvalue weighted by atomic mass is 35.5. The molecular weight excluding hydrogens is 381 g/mol. The molecule has 2 aromatic carbocycles. The second-order valence-corrected chi connectivity index (χ2v) is 9.22. The Hall–Kier alpha value is -1.56. The van der Waals surface area contributed by atoms with Gasteiger partial charge >= 0.3 is 0 Å². The van der Waals surface area contributed by atoms with E-state index in [0.717, 1.165) is 5.56 Å². The smallest absolute Gasteiger partial charge is 0.254 e. The highest BCUT2D eigenvalue weighted by molar-refractivity contribution is 7.91. The first-order valence-electron chi connectivity index (χ1n) is 7.85. The number of benzene rings is 2. The Morgan fingerprint density at radius 2 is 1.56 bits per heavy atom. The maximum absolute atomic E-state index is 13.0. The van der Waals surface area contributed by atoms with Crippen molar-refractivity contribution in [1.82, 2.24) is 4.90 Å². The molecule has 0 radical (unpaired) electrons. The van der Waals surface area contributed by atoms with Crippen LogP contribution in [0, 0.1) is 0 Å². The van der Waals surface area contributed by atoms with E-state index in [-0.39, 0.29) is 23.5 Å². The van der Waals surface area contributed by atoms with Gasteiger partial charge in [-0.05, 0) is 48.4 Å². The first-order valence-corrected chi connectivity index (χ1v) is 10.4. The first-order chi connectivity index (χ1) is 11.8. The quantitative estimate of drug-likeness (QED) is 0.787. The number of hydrogen-bond acceptors (Lipinski definition) is 3. The lowest BCUT2D eigenvalue weighted by atomic mass is 10.1. The molecule has 1 amide bonds. The van der Waals surface area contributed by atoms with Gasteiger partial charge in [0.2, 0.25) is 0 Å². The van der Waals surface area contributed by atoms with E-state index in [0.29, 0.717) is 28.6 Å². The lowest BCUT2D eigenvalue weighted by Crippen LogP contribution is -2.40. The summed E-state index contributed by atoms with van der Waals surface area (Å²) >= 11 is 11.8. The van der Waals surface area contributed by atoms with Gasteiger partial charge in [0.15, 0.2) is 9.84 Å². The van der Waals surface area contributed by atoms with Gasteiger partial charge in [-0.1, -0.05) is 35.3 Å². The van der Waals surface area contributed by atoms with E-state index >= 15 is 0 Å². The van der Waals surface area contributed by atoms with Gasteiger partial charge in [-0.2, -0.15) is 0 Å². The Kier molecular flexibility index (Phi) is 5.37. The molecule has 0 unspecified atom stereocenters. The van der Waals surface area contributed by atoms with E-state index in [1.165, 1.54) is 0 Å². The Morgan fingerprint density at radius 3 is 2.08 bits per heavy atom. The lowest BCUT2D eigenvalue weighted by molar-refractivity contribution is 0.0681.